The summed E-state index contributed by atoms with van der Waals surface area (Å²) >= 11 is 0. The van der Waals surface area contributed by atoms with Crippen molar-refractivity contribution < 1.29 is 9.47 Å². The predicted molar refractivity (Wildman–Crippen MR) is 45.6 cm³/mol. The topological polar surface area (TPSA) is 44.5 Å². The molecule has 2 aliphatic heterocycles. The molecular weight excluding hydrogens is 154 g/mol. The van der Waals surface area contributed by atoms with Crippen LogP contribution in [0.1, 0.15) is 26.7 Å². The molecule has 3 heteroatoms. The highest BCUT2D eigenvalue weighted by atomic mass is 16.7. The lowest BCUT2D eigenvalue weighted by atomic mass is 9.88. The quantitative estimate of drug-likeness (QED) is 0.637. The second kappa shape index (κ2) is 2.69. The zero-order chi connectivity index (χ0) is 8.77. The van der Waals surface area contributed by atoms with Crippen LogP contribution in [-0.4, -0.2) is 24.5 Å². The first-order valence-electron chi connectivity index (χ1n) is 4.69. The van der Waals surface area contributed by atoms with Gasteiger partial charge in [-0.05, 0) is 19.8 Å². The summed E-state index contributed by atoms with van der Waals surface area (Å²) in [5.74, 6) is 0.523. The molecule has 0 aromatic carbocycles. The van der Waals surface area contributed by atoms with Gasteiger partial charge in [-0.2, -0.15) is 0 Å². The molecule has 70 valence electrons. The molecule has 0 radical (unpaired) electrons. The molecule has 0 aliphatic carbocycles. The van der Waals surface area contributed by atoms with Gasteiger partial charge in [0.25, 0.3) is 0 Å². The van der Waals surface area contributed by atoms with E-state index in [-0.39, 0.29) is 18.0 Å². The highest BCUT2D eigenvalue weighted by Gasteiger charge is 2.50. The number of hydrogen-bond acceptors (Lipinski definition) is 3. The third-order valence-corrected chi connectivity index (χ3v) is 3.14. The highest BCUT2D eigenvalue weighted by Crippen LogP contribution is 2.42. The fourth-order valence-corrected chi connectivity index (χ4v) is 2.10. The average Bonchev–Trinajstić information content (AvgIpc) is 2.33. The van der Waals surface area contributed by atoms with Crippen LogP contribution in [0.15, 0.2) is 0 Å². The molecule has 0 aromatic rings. The first kappa shape index (κ1) is 8.48. The molecule has 2 heterocycles. The van der Waals surface area contributed by atoms with Gasteiger partial charge in [0, 0.05) is 12.5 Å². The van der Waals surface area contributed by atoms with Gasteiger partial charge in [0.1, 0.15) is 6.10 Å². The summed E-state index contributed by atoms with van der Waals surface area (Å²) in [7, 11) is 0. The number of nitrogens with two attached hydrogens (primary N) is 1. The Morgan fingerprint density at radius 3 is 2.92 bits per heavy atom. The third kappa shape index (κ3) is 1.08. The molecule has 3 nitrogen and oxygen atoms in total. The van der Waals surface area contributed by atoms with E-state index in [4.69, 9.17) is 15.2 Å². The Bertz CT molecular complexity index is 185. The first-order valence-corrected chi connectivity index (χ1v) is 4.69. The molecular formula is C9H17NO2. The van der Waals surface area contributed by atoms with E-state index in [0.29, 0.717) is 12.5 Å². The second-order valence-corrected chi connectivity index (χ2v) is 4.18. The van der Waals surface area contributed by atoms with Crippen LogP contribution in [0.3, 0.4) is 0 Å². The van der Waals surface area contributed by atoms with Crippen LogP contribution in [0, 0.1) is 5.92 Å². The molecule has 2 bridgehead atoms. The summed E-state index contributed by atoms with van der Waals surface area (Å²) in [6.07, 6.45) is 2.37. The Morgan fingerprint density at radius 2 is 2.33 bits per heavy atom. The Balaban J connectivity index is 2.15. The van der Waals surface area contributed by atoms with Crippen molar-refractivity contribution in [3.8, 4) is 0 Å². The molecule has 0 aromatic heterocycles. The zero-order valence-corrected chi connectivity index (χ0v) is 7.75. The Kier molecular flexibility index (Phi) is 1.90. The minimum absolute atomic E-state index is 0.00250. The van der Waals surface area contributed by atoms with E-state index in [0.717, 1.165) is 6.42 Å². The fraction of sp³-hybridized carbons (Fsp3) is 1.00. The summed E-state index contributed by atoms with van der Waals surface area (Å²) in [5.41, 5.74) is 5.51. The fourth-order valence-electron chi connectivity index (χ4n) is 2.10. The molecule has 0 saturated carbocycles. The normalized spacial score (nSPS) is 52.8. The van der Waals surface area contributed by atoms with Crippen molar-refractivity contribution in [3.63, 3.8) is 0 Å². The van der Waals surface area contributed by atoms with E-state index in [1.807, 2.05) is 0 Å². The lowest BCUT2D eigenvalue weighted by molar-refractivity contribution is -0.143. The van der Waals surface area contributed by atoms with Crippen LogP contribution in [-0.2, 0) is 9.47 Å². The summed E-state index contributed by atoms with van der Waals surface area (Å²) in [4.78, 5) is 0. The molecule has 4 atom stereocenters. The lowest BCUT2D eigenvalue weighted by Gasteiger charge is -2.32. The minimum Gasteiger partial charge on any atom is -0.345 e. The third-order valence-electron chi connectivity index (χ3n) is 3.14. The summed E-state index contributed by atoms with van der Waals surface area (Å²) in [6.45, 7) is 4.85. The summed E-state index contributed by atoms with van der Waals surface area (Å²) < 4.78 is 11.5. The summed E-state index contributed by atoms with van der Waals surface area (Å²) in [6, 6.07) is 0. The van der Waals surface area contributed by atoms with E-state index < -0.39 is 0 Å². The zero-order valence-electron chi connectivity index (χ0n) is 7.75. The van der Waals surface area contributed by atoms with Crippen molar-refractivity contribution >= 4 is 0 Å². The van der Waals surface area contributed by atoms with Gasteiger partial charge in [-0.1, -0.05) is 6.92 Å². The molecule has 2 rings (SSSR count). The first-order chi connectivity index (χ1) is 5.65. The van der Waals surface area contributed by atoms with Crippen LogP contribution in [0.5, 0.6) is 0 Å². The van der Waals surface area contributed by atoms with Crippen molar-refractivity contribution in [2.24, 2.45) is 11.7 Å². The van der Waals surface area contributed by atoms with E-state index in [1.165, 1.54) is 6.42 Å². The Hall–Kier alpha value is -0.120. The molecule has 12 heavy (non-hydrogen) atoms. The largest absolute Gasteiger partial charge is 0.345 e. The maximum atomic E-state index is 5.80. The highest BCUT2D eigenvalue weighted by molar-refractivity contribution is 4.95. The number of fused-ring (bicyclic) bond motifs is 2. The molecule has 2 aliphatic rings. The smallest absolute Gasteiger partial charge is 0.161 e. The van der Waals surface area contributed by atoms with Crippen molar-refractivity contribution in [1.29, 1.82) is 0 Å². The van der Waals surface area contributed by atoms with Gasteiger partial charge in [0.2, 0.25) is 0 Å². The van der Waals surface area contributed by atoms with Gasteiger partial charge < -0.3 is 15.2 Å². The van der Waals surface area contributed by atoms with Gasteiger partial charge in [0.05, 0.1) is 5.60 Å². The van der Waals surface area contributed by atoms with E-state index in [2.05, 4.69) is 13.8 Å². The molecule has 0 unspecified atom stereocenters. The van der Waals surface area contributed by atoms with Gasteiger partial charge in [-0.25, -0.2) is 0 Å². The van der Waals surface area contributed by atoms with Crippen molar-refractivity contribution in [2.75, 3.05) is 6.54 Å². The monoisotopic (exact) mass is 171 g/mol. The van der Waals surface area contributed by atoms with E-state index in [9.17, 15) is 0 Å². The van der Waals surface area contributed by atoms with Crippen molar-refractivity contribution in [2.45, 2.75) is 44.7 Å². The van der Waals surface area contributed by atoms with Crippen molar-refractivity contribution in [3.05, 3.63) is 0 Å². The molecule has 2 saturated heterocycles. The predicted octanol–water partition coefficient (Wildman–Crippen LogP) is 0.875. The van der Waals surface area contributed by atoms with Crippen LogP contribution in [0.25, 0.3) is 0 Å². The number of ether oxygens (including phenoxy) is 2. The maximum Gasteiger partial charge on any atom is 0.161 e. The SMILES string of the molecule is C[C@@H]1CC[C@]2(C)O[C@H]1O[C@H]2CN. The number of hydrogen-bond donors (Lipinski definition) is 1. The standard InChI is InChI=1S/C9H17NO2/c1-6-3-4-9(2)7(5-10)11-8(6)12-9/h6-8H,3-5,10H2,1-2H3/t6-,7+,8-,9+/m1/s1. The Labute approximate surface area is 73.2 Å². The minimum atomic E-state index is -0.105. The average molecular weight is 171 g/mol. The Morgan fingerprint density at radius 1 is 1.58 bits per heavy atom. The maximum absolute atomic E-state index is 5.80. The van der Waals surface area contributed by atoms with E-state index >= 15 is 0 Å². The van der Waals surface area contributed by atoms with Crippen LogP contribution in [0.2, 0.25) is 0 Å². The molecule has 0 amide bonds. The molecule has 2 fully saturated rings. The number of rotatable bonds is 1. The second-order valence-electron chi connectivity index (χ2n) is 4.18. The van der Waals surface area contributed by atoms with Gasteiger partial charge >= 0.3 is 0 Å². The van der Waals surface area contributed by atoms with Gasteiger partial charge in [0.15, 0.2) is 6.29 Å². The van der Waals surface area contributed by atoms with Crippen LogP contribution in [0.4, 0.5) is 0 Å². The molecule has 2 N–H and O–H groups in total. The summed E-state index contributed by atoms with van der Waals surface area (Å²) in [5, 5.41) is 0. The van der Waals surface area contributed by atoms with Gasteiger partial charge in [-0.3, -0.25) is 0 Å². The van der Waals surface area contributed by atoms with Crippen LogP contribution >= 0.6 is 0 Å². The lowest BCUT2D eigenvalue weighted by Crippen LogP contribution is -2.42. The van der Waals surface area contributed by atoms with Gasteiger partial charge in [-0.15, -0.1) is 0 Å². The van der Waals surface area contributed by atoms with E-state index in [1.54, 1.807) is 0 Å². The van der Waals surface area contributed by atoms with Crippen LogP contribution < -0.4 is 5.73 Å². The van der Waals surface area contributed by atoms with Crippen molar-refractivity contribution in [1.82, 2.24) is 0 Å². The molecule has 0 spiro atoms.